The Morgan fingerprint density at radius 2 is 2.08 bits per heavy atom. The third kappa shape index (κ3) is 5.39. The molecule has 38 heavy (non-hydrogen) atoms. The normalized spacial score (nSPS) is 16.7. The van der Waals surface area contributed by atoms with Crippen molar-refractivity contribution >= 4 is 52.0 Å². The van der Waals surface area contributed by atoms with Gasteiger partial charge in [-0.15, -0.1) is 11.8 Å². The number of nitrogens with zero attached hydrogens (tertiary/aromatic N) is 2. The van der Waals surface area contributed by atoms with E-state index in [-0.39, 0.29) is 18.1 Å². The first-order valence-corrected chi connectivity index (χ1v) is 13.3. The first kappa shape index (κ1) is 25.8. The fourth-order valence-corrected chi connectivity index (χ4v) is 5.39. The Kier molecular flexibility index (Phi) is 7.66. The number of nitrogens with one attached hydrogen (secondary N) is 2. The zero-order valence-corrected chi connectivity index (χ0v) is 21.9. The van der Waals surface area contributed by atoms with Crippen molar-refractivity contribution in [3.05, 3.63) is 53.6 Å². The van der Waals surface area contributed by atoms with Crippen LogP contribution in [0.15, 0.2) is 47.4 Å². The molecule has 2 aromatic carbocycles. The highest BCUT2D eigenvalue weighted by molar-refractivity contribution is 8.00. The van der Waals surface area contributed by atoms with Gasteiger partial charge in [-0.3, -0.25) is 9.69 Å². The molecule has 1 fully saturated rings. The predicted molar refractivity (Wildman–Crippen MR) is 144 cm³/mol. The molecule has 1 saturated heterocycles. The Hall–Kier alpha value is -3.83. The van der Waals surface area contributed by atoms with Crippen LogP contribution in [0.25, 0.3) is 10.9 Å². The molecule has 2 aliphatic rings. The molecular formula is C27H28N4O6S. The molecule has 11 heteroatoms. The van der Waals surface area contributed by atoms with Crippen molar-refractivity contribution in [1.29, 1.82) is 0 Å². The average molecular weight is 537 g/mol. The summed E-state index contributed by atoms with van der Waals surface area (Å²) >= 11 is 1.48. The molecule has 1 atom stereocenters. The number of ether oxygens (including phenoxy) is 3. The van der Waals surface area contributed by atoms with Gasteiger partial charge >= 0.3 is 12.1 Å². The predicted octanol–water partition coefficient (Wildman–Crippen LogP) is 3.97. The molecule has 0 aliphatic carbocycles. The number of carbonyl (C=O) groups excluding carboxylic acids is 3. The molecule has 3 heterocycles. The van der Waals surface area contributed by atoms with Crippen molar-refractivity contribution in [2.75, 3.05) is 43.3 Å². The molecule has 2 aliphatic heterocycles. The van der Waals surface area contributed by atoms with Gasteiger partial charge in [-0.25, -0.2) is 14.6 Å². The van der Waals surface area contributed by atoms with Gasteiger partial charge in [0.25, 0.3) is 0 Å². The fraction of sp³-hybridized carbons (Fsp3) is 0.333. The number of amides is 2. The highest BCUT2D eigenvalue weighted by Crippen LogP contribution is 2.35. The molecule has 1 aromatic heterocycles. The lowest BCUT2D eigenvalue weighted by atomic mass is 10.0. The van der Waals surface area contributed by atoms with E-state index >= 15 is 0 Å². The Balaban J connectivity index is 1.16. The van der Waals surface area contributed by atoms with Crippen LogP contribution in [0.1, 0.15) is 28.8 Å². The maximum absolute atomic E-state index is 12.5. The Bertz CT molecular complexity index is 1400. The monoisotopic (exact) mass is 536 g/mol. The van der Waals surface area contributed by atoms with Gasteiger partial charge in [0.05, 0.1) is 43.3 Å². The highest BCUT2D eigenvalue weighted by Gasteiger charge is 2.32. The zero-order chi connectivity index (χ0) is 26.6. The fourth-order valence-electron chi connectivity index (χ4n) is 4.60. The van der Waals surface area contributed by atoms with Crippen LogP contribution >= 0.6 is 11.8 Å². The number of hydrogen-bond acceptors (Lipinski definition) is 9. The second kappa shape index (κ2) is 11.3. The standard InChI is InChI=1S/C27H28N4O6S/c1-35-24-10-8-19-20(26(33)36-2)7-5-16(25(19)30-24)13-28-11-3-4-18-14-31(27(34)37-18)17-6-9-22-21(12-17)29-23(32)15-38-22/h5-10,12,18,28H,3-4,11,13-15H2,1-2H3,(H,29,32)/t18-/m1/s1. The molecule has 0 spiro atoms. The number of benzene rings is 2. The van der Waals surface area contributed by atoms with Crippen LogP contribution in [0.2, 0.25) is 0 Å². The number of hydrogen-bond donors (Lipinski definition) is 2. The van der Waals surface area contributed by atoms with E-state index in [1.54, 1.807) is 24.1 Å². The molecule has 0 bridgehead atoms. The van der Waals surface area contributed by atoms with Crippen molar-refractivity contribution < 1.29 is 28.6 Å². The summed E-state index contributed by atoms with van der Waals surface area (Å²) in [5.74, 6) is 0.402. The lowest BCUT2D eigenvalue weighted by molar-refractivity contribution is -0.113. The number of rotatable bonds is 9. The lowest BCUT2D eigenvalue weighted by Gasteiger charge is -2.20. The maximum atomic E-state index is 12.5. The number of cyclic esters (lactones) is 1. The summed E-state index contributed by atoms with van der Waals surface area (Å²) in [5.41, 5.74) is 3.50. The summed E-state index contributed by atoms with van der Waals surface area (Å²) in [5, 5.41) is 6.98. The van der Waals surface area contributed by atoms with Crippen molar-refractivity contribution in [3.8, 4) is 5.88 Å². The number of anilines is 2. The van der Waals surface area contributed by atoms with E-state index in [4.69, 9.17) is 14.2 Å². The van der Waals surface area contributed by atoms with Crippen molar-refractivity contribution in [2.24, 2.45) is 0 Å². The number of thioether (sulfide) groups is 1. The third-order valence-corrected chi connectivity index (χ3v) is 7.58. The van der Waals surface area contributed by atoms with Crippen LogP contribution in [-0.4, -0.2) is 62.1 Å². The number of pyridine rings is 1. The smallest absolute Gasteiger partial charge is 0.414 e. The molecule has 2 amide bonds. The summed E-state index contributed by atoms with van der Waals surface area (Å²) in [6, 6.07) is 12.8. The van der Waals surface area contributed by atoms with Crippen molar-refractivity contribution in [1.82, 2.24) is 10.3 Å². The number of carbonyl (C=O) groups is 3. The summed E-state index contributed by atoms with van der Waals surface area (Å²) in [4.78, 5) is 43.6. The first-order valence-electron chi connectivity index (χ1n) is 12.3. The van der Waals surface area contributed by atoms with Gasteiger partial charge in [0.1, 0.15) is 6.10 Å². The van der Waals surface area contributed by atoms with Gasteiger partial charge < -0.3 is 24.8 Å². The second-order valence-corrected chi connectivity index (χ2v) is 9.98. The van der Waals surface area contributed by atoms with E-state index in [2.05, 4.69) is 15.6 Å². The van der Waals surface area contributed by atoms with Crippen LogP contribution < -0.4 is 20.3 Å². The maximum Gasteiger partial charge on any atom is 0.414 e. The Labute approximate surface area is 224 Å². The third-order valence-electron chi connectivity index (χ3n) is 6.51. The van der Waals surface area contributed by atoms with Crippen LogP contribution in [-0.2, 0) is 20.8 Å². The van der Waals surface area contributed by atoms with E-state index < -0.39 is 5.97 Å². The molecule has 3 aromatic rings. The summed E-state index contributed by atoms with van der Waals surface area (Å²) in [6.07, 6.45) is 0.920. The minimum atomic E-state index is -0.416. The van der Waals surface area contributed by atoms with Crippen LogP contribution in [0.5, 0.6) is 5.88 Å². The SMILES string of the molecule is COC(=O)c1ccc(CNCCC[C@@H]2CN(c3ccc4c(c3)NC(=O)CS4)C(=O)O2)c2nc(OC)ccc12. The van der Waals surface area contributed by atoms with Gasteiger partial charge in [0.15, 0.2) is 0 Å². The minimum Gasteiger partial charge on any atom is -0.481 e. The summed E-state index contributed by atoms with van der Waals surface area (Å²) in [6.45, 7) is 1.72. The molecular weight excluding hydrogens is 508 g/mol. The van der Waals surface area contributed by atoms with E-state index in [9.17, 15) is 14.4 Å². The first-order chi connectivity index (χ1) is 18.5. The van der Waals surface area contributed by atoms with E-state index in [0.29, 0.717) is 59.8 Å². The van der Waals surface area contributed by atoms with Crippen molar-refractivity contribution in [2.45, 2.75) is 30.4 Å². The van der Waals surface area contributed by atoms with Gasteiger partial charge in [-0.2, -0.15) is 0 Å². The van der Waals surface area contributed by atoms with Crippen molar-refractivity contribution in [3.63, 3.8) is 0 Å². The molecule has 5 rings (SSSR count). The molecule has 0 radical (unpaired) electrons. The Morgan fingerprint density at radius 3 is 2.89 bits per heavy atom. The molecule has 198 valence electrons. The topological polar surface area (TPSA) is 119 Å². The number of fused-ring (bicyclic) bond motifs is 2. The van der Waals surface area contributed by atoms with E-state index in [0.717, 1.165) is 22.6 Å². The van der Waals surface area contributed by atoms with Crippen LogP contribution in [0.4, 0.5) is 16.2 Å². The van der Waals surface area contributed by atoms with Crippen LogP contribution in [0.3, 0.4) is 0 Å². The highest BCUT2D eigenvalue weighted by atomic mass is 32.2. The van der Waals surface area contributed by atoms with Gasteiger partial charge in [0.2, 0.25) is 11.8 Å². The quantitative estimate of drug-likeness (QED) is 0.309. The second-order valence-electron chi connectivity index (χ2n) is 8.97. The number of methoxy groups -OCH3 is 2. The summed E-state index contributed by atoms with van der Waals surface area (Å²) < 4.78 is 15.8. The largest absolute Gasteiger partial charge is 0.481 e. The molecule has 10 nitrogen and oxygen atoms in total. The molecule has 2 N–H and O–H groups in total. The average Bonchev–Trinajstić information content (AvgIpc) is 3.31. The number of aromatic nitrogens is 1. The van der Waals surface area contributed by atoms with Crippen LogP contribution in [0, 0.1) is 0 Å². The summed E-state index contributed by atoms with van der Waals surface area (Å²) in [7, 11) is 2.91. The Morgan fingerprint density at radius 1 is 1.21 bits per heavy atom. The van der Waals surface area contributed by atoms with Gasteiger partial charge in [-0.05, 0) is 55.3 Å². The van der Waals surface area contributed by atoms with E-state index in [1.165, 1.54) is 18.9 Å². The van der Waals surface area contributed by atoms with Gasteiger partial charge in [0, 0.05) is 28.6 Å². The van der Waals surface area contributed by atoms with E-state index in [1.807, 2.05) is 30.3 Å². The van der Waals surface area contributed by atoms with Gasteiger partial charge in [-0.1, -0.05) is 6.07 Å². The minimum absolute atomic E-state index is 0.0450. The lowest BCUT2D eigenvalue weighted by Crippen LogP contribution is -2.25. The zero-order valence-electron chi connectivity index (χ0n) is 21.1. The number of esters is 1. The molecule has 0 unspecified atom stereocenters. The molecule has 0 saturated carbocycles.